The van der Waals surface area contributed by atoms with Crippen LogP contribution in [0.1, 0.15) is 55.8 Å². The summed E-state index contributed by atoms with van der Waals surface area (Å²) >= 11 is 0. The van der Waals surface area contributed by atoms with Crippen LogP contribution in [-0.2, 0) is 0 Å². The smallest absolute Gasteiger partial charge is 0.0153 e. The van der Waals surface area contributed by atoms with Crippen molar-refractivity contribution in [2.45, 2.75) is 52.9 Å². The predicted octanol–water partition coefficient (Wildman–Crippen LogP) is 3.93. The van der Waals surface area contributed by atoms with Crippen LogP contribution in [0, 0.1) is 13.8 Å². The summed E-state index contributed by atoms with van der Waals surface area (Å²) in [7, 11) is 0. The molecule has 0 bridgehead atoms. The molecule has 0 saturated carbocycles. The molecule has 1 heteroatoms. The molecule has 1 rings (SSSR count). The molecule has 0 aliphatic rings. The Balaban J connectivity index is 2.69. The molecule has 0 aliphatic carbocycles. The lowest BCUT2D eigenvalue weighted by Crippen LogP contribution is -1.96. The van der Waals surface area contributed by atoms with E-state index in [9.17, 15) is 0 Å². The molecule has 1 aromatic rings. The van der Waals surface area contributed by atoms with Gasteiger partial charge in [0.2, 0.25) is 0 Å². The molecule has 0 saturated heterocycles. The molecule has 0 aromatic carbocycles. The average molecular weight is 179 g/mol. The van der Waals surface area contributed by atoms with Crippen molar-refractivity contribution in [3.63, 3.8) is 0 Å². The highest BCUT2D eigenvalue weighted by Crippen LogP contribution is 2.26. The van der Waals surface area contributed by atoms with Gasteiger partial charge in [0.1, 0.15) is 0 Å². The van der Waals surface area contributed by atoms with E-state index in [2.05, 4.69) is 38.9 Å². The van der Waals surface area contributed by atoms with E-state index in [1.807, 2.05) is 0 Å². The Morgan fingerprint density at radius 3 is 2.54 bits per heavy atom. The zero-order valence-corrected chi connectivity index (χ0v) is 9.28. The van der Waals surface area contributed by atoms with Crippen molar-refractivity contribution in [3.8, 4) is 0 Å². The first-order valence-corrected chi connectivity index (χ1v) is 5.31. The van der Waals surface area contributed by atoms with Gasteiger partial charge in [-0.25, -0.2) is 0 Å². The maximum Gasteiger partial charge on any atom is 0.0153 e. The van der Waals surface area contributed by atoms with Crippen molar-refractivity contribution in [1.82, 2.24) is 4.98 Å². The lowest BCUT2D eigenvalue weighted by molar-refractivity contribution is 0.620. The zero-order chi connectivity index (χ0) is 9.84. The third-order valence-electron chi connectivity index (χ3n) is 2.82. The van der Waals surface area contributed by atoms with Gasteiger partial charge in [-0.2, -0.15) is 0 Å². The maximum absolute atomic E-state index is 3.29. The van der Waals surface area contributed by atoms with Gasteiger partial charge in [0, 0.05) is 11.9 Å². The number of H-pyrrole nitrogens is 1. The van der Waals surface area contributed by atoms with Crippen LogP contribution in [0.15, 0.2) is 6.20 Å². The largest absolute Gasteiger partial charge is 0.365 e. The Hall–Kier alpha value is -0.720. The Morgan fingerprint density at radius 2 is 2.08 bits per heavy atom. The van der Waals surface area contributed by atoms with Gasteiger partial charge >= 0.3 is 0 Å². The van der Waals surface area contributed by atoms with Gasteiger partial charge in [0.15, 0.2) is 0 Å². The standard InChI is InChI=1S/C12H21N/c1-5-6-7-9(2)12-10(3)8-13-11(12)4/h8-9,13H,5-7H2,1-4H3. The molecule has 13 heavy (non-hydrogen) atoms. The van der Waals surface area contributed by atoms with Crippen LogP contribution < -0.4 is 0 Å². The number of hydrogen-bond donors (Lipinski definition) is 1. The molecule has 74 valence electrons. The summed E-state index contributed by atoms with van der Waals surface area (Å²) in [5.41, 5.74) is 4.30. The molecular formula is C12H21N. The molecule has 1 heterocycles. The van der Waals surface area contributed by atoms with E-state index < -0.39 is 0 Å². The fraction of sp³-hybridized carbons (Fsp3) is 0.667. The van der Waals surface area contributed by atoms with Crippen molar-refractivity contribution in [2.75, 3.05) is 0 Å². The predicted molar refractivity (Wildman–Crippen MR) is 58.2 cm³/mol. The minimum Gasteiger partial charge on any atom is -0.365 e. The maximum atomic E-state index is 3.29. The summed E-state index contributed by atoms with van der Waals surface area (Å²) in [6.45, 7) is 8.95. The molecule has 0 amide bonds. The lowest BCUT2D eigenvalue weighted by atomic mass is 9.93. The molecular weight excluding hydrogens is 158 g/mol. The Morgan fingerprint density at radius 1 is 1.38 bits per heavy atom. The van der Waals surface area contributed by atoms with Crippen LogP contribution in [-0.4, -0.2) is 4.98 Å². The summed E-state index contributed by atoms with van der Waals surface area (Å²) < 4.78 is 0. The first-order valence-electron chi connectivity index (χ1n) is 5.31. The molecule has 1 aromatic heterocycles. The summed E-state index contributed by atoms with van der Waals surface area (Å²) in [6.07, 6.45) is 6.07. The third-order valence-corrected chi connectivity index (χ3v) is 2.82. The van der Waals surface area contributed by atoms with E-state index in [1.165, 1.54) is 36.1 Å². The van der Waals surface area contributed by atoms with Crippen molar-refractivity contribution >= 4 is 0 Å². The average Bonchev–Trinajstić information content (AvgIpc) is 2.42. The van der Waals surface area contributed by atoms with E-state index in [4.69, 9.17) is 0 Å². The minimum absolute atomic E-state index is 0.714. The van der Waals surface area contributed by atoms with E-state index in [-0.39, 0.29) is 0 Å². The normalized spacial score (nSPS) is 13.2. The van der Waals surface area contributed by atoms with Crippen LogP contribution in [0.4, 0.5) is 0 Å². The molecule has 0 spiro atoms. The number of rotatable bonds is 4. The first kappa shape index (κ1) is 10.4. The van der Waals surface area contributed by atoms with E-state index in [1.54, 1.807) is 0 Å². The fourth-order valence-electron chi connectivity index (χ4n) is 2.08. The molecule has 0 aliphatic heterocycles. The van der Waals surface area contributed by atoms with Crippen LogP contribution >= 0.6 is 0 Å². The van der Waals surface area contributed by atoms with Crippen LogP contribution in [0.3, 0.4) is 0 Å². The number of nitrogens with one attached hydrogen (secondary N) is 1. The summed E-state index contributed by atoms with van der Waals surface area (Å²) in [5.74, 6) is 0.714. The van der Waals surface area contributed by atoms with E-state index >= 15 is 0 Å². The van der Waals surface area contributed by atoms with Gasteiger partial charge in [0.25, 0.3) is 0 Å². The Labute approximate surface area is 81.6 Å². The van der Waals surface area contributed by atoms with Gasteiger partial charge in [-0.1, -0.05) is 26.7 Å². The number of aryl methyl sites for hydroxylation is 2. The van der Waals surface area contributed by atoms with Crippen molar-refractivity contribution in [2.24, 2.45) is 0 Å². The number of aromatic amines is 1. The minimum atomic E-state index is 0.714. The summed E-state index contributed by atoms with van der Waals surface area (Å²) in [5, 5.41) is 0. The lowest BCUT2D eigenvalue weighted by Gasteiger charge is -2.12. The second-order valence-electron chi connectivity index (χ2n) is 4.05. The number of aromatic nitrogens is 1. The first-order chi connectivity index (χ1) is 6.16. The topological polar surface area (TPSA) is 15.8 Å². The molecule has 1 N–H and O–H groups in total. The van der Waals surface area contributed by atoms with Crippen LogP contribution in [0.2, 0.25) is 0 Å². The molecule has 0 fully saturated rings. The second kappa shape index (κ2) is 4.50. The van der Waals surface area contributed by atoms with E-state index in [0.717, 1.165) is 0 Å². The quantitative estimate of drug-likeness (QED) is 0.721. The van der Waals surface area contributed by atoms with Gasteiger partial charge in [-0.15, -0.1) is 0 Å². The fourth-order valence-corrected chi connectivity index (χ4v) is 2.08. The second-order valence-corrected chi connectivity index (χ2v) is 4.05. The summed E-state index contributed by atoms with van der Waals surface area (Å²) in [4.78, 5) is 3.29. The monoisotopic (exact) mass is 179 g/mol. The highest BCUT2D eigenvalue weighted by molar-refractivity contribution is 5.31. The van der Waals surface area contributed by atoms with Crippen LogP contribution in [0.25, 0.3) is 0 Å². The zero-order valence-electron chi connectivity index (χ0n) is 9.28. The molecule has 1 atom stereocenters. The van der Waals surface area contributed by atoms with Crippen molar-refractivity contribution in [3.05, 3.63) is 23.0 Å². The van der Waals surface area contributed by atoms with Gasteiger partial charge in [0.05, 0.1) is 0 Å². The highest BCUT2D eigenvalue weighted by Gasteiger charge is 2.11. The molecule has 1 nitrogen and oxygen atoms in total. The van der Waals surface area contributed by atoms with Gasteiger partial charge in [-0.3, -0.25) is 0 Å². The Bertz CT molecular complexity index is 241. The Kier molecular flexibility index (Phi) is 3.58. The summed E-state index contributed by atoms with van der Waals surface area (Å²) in [6, 6.07) is 0. The van der Waals surface area contributed by atoms with Gasteiger partial charge in [-0.05, 0) is 37.3 Å². The molecule has 0 radical (unpaired) electrons. The number of unbranched alkanes of at least 4 members (excludes halogenated alkanes) is 1. The highest BCUT2D eigenvalue weighted by atomic mass is 14.7. The SMILES string of the molecule is CCCCC(C)c1c(C)c[nH]c1C. The third kappa shape index (κ3) is 2.36. The van der Waals surface area contributed by atoms with Crippen molar-refractivity contribution in [1.29, 1.82) is 0 Å². The van der Waals surface area contributed by atoms with Gasteiger partial charge < -0.3 is 4.98 Å². The number of hydrogen-bond acceptors (Lipinski definition) is 0. The molecule has 1 unspecified atom stereocenters. The van der Waals surface area contributed by atoms with Crippen molar-refractivity contribution < 1.29 is 0 Å². The van der Waals surface area contributed by atoms with Crippen LogP contribution in [0.5, 0.6) is 0 Å². The van der Waals surface area contributed by atoms with E-state index in [0.29, 0.717) is 5.92 Å².